The van der Waals surface area contributed by atoms with Crippen molar-refractivity contribution in [2.45, 2.75) is 58.8 Å². The molecule has 0 amide bonds. The first kappa shape index (κ1) is 21.2. The zero-order valence-electron chi connectivity index (χ0n) is 17.1. The molecule has 0 radical (unpaired) electrons. The van der Waals surface area contributed by atoms with Gasteiger partial charge in [0.15, 0.2) is 0 Å². The normalized spacial score (nSPS) is 24.8. The molecule has 1 aromatic carbocycles. The van der Waals surface area contributed by atoms with Gasteiger partial charge >= 0.3 is 0 Å². The molecule has 26 heavy (non-hydrogen) atoms. The maximum atomic E-state index is 11.5. The molecule has 2 atom stereocenters. The maximum Gasteiger partial charge on any atom is 0.229 e. The topological polar surface area (TPSA) is 49.4 Å². The van der Waals surface area contributed by atoms with Gasteiger partial charge in [-0.3, -0.25) is 4.72 Å². The number of nitrogens with zero attached hydrogens (tertiary/aromatic N) is 1. The second kappa shape index (κ2) is 8.75. The fourth-order valence-corrected chi connectivity index (χ4v) is 4.54. The van der Waals surface area contributed by atoms with Crippen LogP contribution >= 0.6 is 0 Å². The summed E-state index contributed by atoms with van der Waals surface area (Å²) in [5, 5.41) is 0. The number of likely N-dealkylation sites (tertiary alicyclic amines) is 1. The lowest BCUT2D eigenvalue weighted by Gasteiger charge is -2.45. The highest BCUT2D eigenvalue weighted by molar-refractivity contribution is 7.92. The Bertz CT molecular complexity index is 687. The highest BCUT2D eigenvalue weighted by atomic mass is 32.2. The Hall–Kier alpha value is -1.07. The van der Waals surface area contributed by atoms with Gasteiger partial charge < -0.3 is 4.90 Å². The van der Waals surface area contributed by atoms with E-state index in [9.17, 15) is 8.42 Å². The minimum Gasteiger partial charge on any atom is -0.303 e. The van der Waals surface area contributed by atoms with Crippen LogP contribution in [0.1, 0.15) is 58.9 Å². The molecule has 0 aliphatic carbocycles. The summed E-state index contributed by atoms with van der Waals surface area (Å²) < 4.78 is 25.7. The molecule has 1 heterocycles. The van der Waals surface area contributed by atoms with E-state index in [4.69, 9.17) is 0 Å². The summed E-state index contributed by atoms with van der Waals surface area (Å²) >= 11 is 0. The molecule has 0 bridgehead atoms. The first-order valence-electron chi connectivity index (χ1n) is 9.91. The van der Waals surface area contributed by atoms with E-state index in [0.29, 0.717) is 11.6 Å². The number of benzene rings is 1. The number of anilines is 1. The van der Waals surface area contributed by atoms with E-state index in [1.807, 2.05) is 18.2 Å². The van der Waals surface area contributed by atoms with Crippen LogP contribution in [-0.4, -0.2) is 39.2 Å². The van der Waals surface area contributed by atoms with Crippen molar-refractivity contribution in [1.29, 1.82) is 0 Å². The predicted molar refractivity (Wildman–Crippen MR) is 111 cm³/mol. The molecule has 2 rings (SSSR count). The van der Waals surface area contributed by atoms with Gasteiger partial charge in [0.2, 0.25) is 10.0 Å². The quantitative estimate of drug-likeness (QED) is 0.676. The number of unbranched alkanes of at least 4 members (excludes halogenated alkanes) is 1. The molecule has 1 aliphatic heterocycles. The van der Waals surface area contributed by atoms with Crippen LogP contribution in [0.15, 0.2) is 24.3 Å². The Balaban J connectivity index is 1.99. The van der Waals surface area contributed by atoms with Crippen LogP contribution in [-0.2, 0) is 15.4 Å². The van der Waals surface area contributed by atoms with Crippen LogP contribution in [0.25, 0.3) is 0 Å². The van der Waals surface area contributed by atoms with Crippen LogP contribution < -0.4 is 4.72 Å². The Morgan fingerprint density at radius 3 is 2.65 bits per heavy atom. The molecule has 1 saturated heterocycles. The molecule has 1 aromatic rings. The van der Waals surface area contributed by atoms with Crippen LogP contribution in [0.2, 0.25) is 0 Å². The molecule has 0 saturated carbocycles. The van der Waals surface area contributed by atoms with E-state index in [-0.39, 0.29) is 5.41 Å². The molecule has 5 heteroatoms. The summed E-state index contributed by atoms with van der Waals surface area (Å²) in [6, 6.07) is 7.93. The van der Waals surface area contributed by atoms with E-state index in [1.54, 1.807) is 0 Å². The average molecular weight is 381 g/mol. The number of nitrogens with one attached hydrogen (secondary N) is 1. The van der Waals surface area contributed by atoms with E-state index in [2.05, 4.69) is 43.4 Å². The molecular formula is C21H36N2O2S. The minimum atomic E-state index is -3.24. The third-order valence-corrected chi connectivity index (χ3v) is 6.50. The van der Waals surface area contributed by atoms with Crippen molar-refractivity contribution in [2.75, 3.05) is 30.6 Å². The van der Waals surface area contributed by atoms with Gasteiger partial charge in [0.05, 0.1) is 6.26 Å². The fourth-order valence-electron chi connectivity index (χ4n) is 3.99. The lowest BCUT2D eigenvalue weighted by molar-refractivity contribution is 0.109. The average Bonchev–Trinajstić information content (AvgIpc) is 2.53. The number of piperidine rings is 1. The predicted octanol–water partition coefficient (Wildman–Crippen LogP) is 4.48. The second-order valence-corrected chi connectivity index (χ2v) is 10.5. The largest absolute Gasteiger partial charge is 0.303 e. The van der Waals surface area contributed by atoms with Gasteiger partial charge in [0, 0.05) is 12.2 Å². The molecule has 1 fully saturated rings. The minimum absolute atomic E-state index is 0.0869. The van der Waals surface area contributed by atoms with Gasteiger partial charge in [0.1, 0.15) is 0 Å². The van der Waals surface area contributed by atoms with E-state index in [0.717, 1.165) is 25.4 Å². The maximum absolute atomic E-state index is 11.5. The molecule has 0 unspecified atom stereocenters. The molecule has 1 aliphatic rings. The summed E-state index contributed by atoms with van der Waals surface area (Å²) in [4.78, 5) is 2.60. The SMILES string of the molecule is CC(C)CCCCN1CC[C@](C)(c2cccc(NS(C)(=O)=O)c2)[C@@H](C)C1. The fraction of sp³-hybridized carbons (Fsp3) is 0.714. The van der Waals surface area contributed by atoms with Crippen molar-refractivity contribution >= 4 is 15.7 Å². The summed E-state index contributed by atoms with van der Waals surface area (Å²) in [6.45, 7) is 12.7. The summed E-state index contributed by atoms with van der Waals surface area (Å²) in [5.41, 5.74) is 1.98. The van der Waals surface area contributed by atoms with Gasteiger partial charge in [-0.25, -0.2) is 8.42 Å². The van der Waals surface area contributed by atoms with E-state index in [1.165, 1.54) is 37.6 Å². The monoisotopic (exact) mass is 380 g/mol. The number of hydrogen-bond acceptors (Lipinski definition) is 3. The molecule has 148 valence electrons. The molecular weight excluding hydrogens is 344 g/mol. The highest BCUT2D eigenvalue weighted by Gasteiger charge is 2.37. The Kier molecular flexibility index (Phi) is 7.14. The third-order valence-electron chi connectivity index (χ3n) is 5.90. The summed E-state index contributed by atoms with van der Waals surface area (Å²) in [7, 11) is -3.24. The van der Waals surface area contributed by atoms with Crippen molar-refractivity contribution in [3.05, 3.63) is 29.8 Å². The van der Waals surface area contributed by atoms with Crippen molar-refractivity contribution in [2.24, 2.45) is 11.8 Å². The lowest BCUT2D eigenvalue weighted by atomic mass is 9.68. The van der Waals surface area contributed by atoms with Gasteiger partial charge in [-0.1, -0.05) is 52.7 Å². The summed E-state index contributed by atoms with van der Waals surface area (Å²) in [5.74, 6) is 1.33. The second-order valence-electron chi connectivity index (χ2n) is 8.71. The smallest absolute Gasteiger partial charge is 0.229 e. The molecule has 4 nitrogen and oxygen atoms in total. The van der Waals surface area contributed by atoms with Gasteiger partial charge in [0.25, 0.3) is 0 Å². The highest BCUT2D eigenvalue weighted by Crippen LogP contribution is 2.40. The zero-order valence-corrected chi connectivity index (χ0v) is 17.9. The summed E-state index contributed by atoms with van der Waals surface area (Å²) in [6.07, 6.45) is 6.23. The standard InChI is InChI=1S/C21H36N2O2S/c1-17(2)9-6-7-13-23-14-12-21(4,18(3)16-23)19-10-8-11-20(15-19)22-26(5,24)25/h8,10-11,15,17-18,22H,6-7,9,12-14,16H2,1-5H3/t18-,21-/m0/s1. The van der Waals surface area contributed by atoms with Gasteiger partial charge in [-0.05, 0) is 60.9 Å². The first-order chi connectivity index (χ1) is 12.1. The molecule has 1 N–H and O–H groups in total. The van der Waals surface area contributed by atoms with E-state index >= 15 is 0 Å². The molecule has 0 spiro atoms. The number of sulfonamides is 1. The van der Waals surface area contributed by atoms with Crippen molar-refractivity contribution < 1.29 is 8.42 Å². The van der Waals surface area contributed by atoms with Crippen LogP contribution in [0.5, 0.6) is 0 Å². The lowest BCUT2D eigenvalue weighted by Crippen LogP contribution is -2.47. The third kappa shape index (κ3) is 5.98. The van der Waals surface area contributed by atoms with Gasteiger partial charge in [-0.2, -0.15) is 0 Å². The Labute approximate surface area is 160 Å². The van der Waals surface area contributed by atoms with Crippen molar-refractivity contribution in [1.82, 2.24) is 4.90 Å². The van der Waals surface area contributed by atoms with Crippen LogP contribution in [0, 0.1) is 11.8 Å². The van der Waals surface area contributed by atoms with Gasteiger partial charge in [-0.15, -0.1) is 0 Å². The van der Waals surface area contributed by atoms with Crippen LogP contribution in [0.4, 0.5) is 5.69 Å². The number of hydrogen-bond donors (Lipinski definition) is 1. The Morgan fingerprint density at radius 1 is 1.31 bits per heavy atom. The van der Waals surface area contributed by atoms with E-state index < -0.39 is 10.0 Å². The molecule has 0 aromatic heterocycles. The van der Waals surface area contributed by atoms with Crippen LogP contribution in [0.3, 0.4) is 0 Å². The van der Waals surface area contributed by atoms with Crippen molar-refractivity contribution in [3.8, 4) is 0 Å². The first-order valence-corrected chi connectivity index (χ1v) is 11.8. The van der Waals surface area contributed by atoms with Crippen molar-refractivity contribution in [3.63, 3.8) is 0 Å². The Morgan fingerprint density at radius 2 is 2.04 bits per heavy atom. The number of rotatable bonds is 8. The zero-order chi connectivity index (χ0) is 19.4.